The summed E-state index contributed by atoms with van der Waals surface area (Å²) in [5.41, 5.74) is 1.39. The van der Waals surface area contributed by atoms with Crippen molar-refractivity contribution in [1.29, 1.82) is 0 Å². The second-order valence-electron chi connectivity index (χ2n) is 6.11. The van der Waals surface area contributed by atoms with Crippen LogP contribution in [0.1, 0.15) is 19.8 Å². The van der Waals surface area contributed by atoms with Gasteiger partial charge in [-0.15, -0.1) is 0 Å². The van der Waals surface area contributed by atoms with Crippen molar-refractivity contribution in [3.05, 3.63) is 53.0 Å². The number of carbonyl (C=O) groups is 1. The van der Waals surface area contributed by atoms with Crippen molar-refractivity contribution in [2.75, 3.05) is 30.8 Å². The monoisotopic (exact) mass is 453 g/mol. The van der Waals surface area contributed by atoms with Gasteiger partial charge in [-0.3, -0.25) is 4.79 Å². The molecule has 1 amide bonds. The molecule has 2 N–H and O–H groups in total. The maximum Gasteiger partial charge on any atom is 0.243 e. The van der Waals surface area contributed by atoms with Crippen molar-refractivity contribution in [3.63, 3.8) is 0 Å². The second kappa shape index (κ2) is 9.87. The summed E-state index contributed by atoms with van der Waals surface area (Å²) in [6.45, 7) is 2.60. The predicted octanol–water partition coefficient (Wildman–Crippen LogP) is 3.92. The molecule has 0 heterocycles. The smallest absolute Gasteiger partial charge is 0.243 e. The summed E-state index contributed by atoms with van der Waals surface area (Å²) < 4.78 is 27.3. The van der Waals surface area contributed by atoms with Crippen LogP contribution in [0, 0.1) is 0 Å². The van der Waals surface area contributed by atoms with E-state index in [1.165, 1.54) is 4.31 Å². The highest BCUT2D eigenvalue weighted by atomic mass is 79.9. The third-order valence-electron chi connectivity index (χ3n) is 3.97. The first kappa shape index (κ1) is 21.4. The van der Waals surface area contributed by atoms with E-state index in [1.54, 1.807) is 43.4 Å². The van der Waals surface area contributed by atoms with Gasteiger partial charge in [-0.1, -0.05) is 29.3 Å². The lowest BCUT2D eigenvalue weighted by Crippen LogP contribution is -2.27. The summed E-state index contributed by atoms with van der Waals surface area (Å²) in [5.74, 6) is -0.187. The van der Waals surface area contributed by atoms with Gasteiger partial charge in [0.25, 0.3) is 0 Å². The topological polar surface area (TPSA) is 78.5 Å². The zero-order valence-electron chi connectivity index (χ0n) is 15.4. The highest BCUT2D eigenvalue weighted by molar-refractivity contribution is 9.10. The Hall–Kier alpha value is -1.90. The van der Waals surface area contributed by atoms with Crippen molar-refractivity contribution < 1.29 is 13.2 Å². The highest BCUT2D eigenvalue weighted by Crippen LogP contribution is 2.18. The molecule has 2 rings (SSSR count). The lowest BCUT2D eigenvalue weighted by atomic mass is 10.3. The van der Waals surface area contributed by atoms with E-state index in [9.17, 15) is 13.2 Å². The molecule has 146 valence electrons. The SMILES string of the molecule is CCCCN(C)S(=O)(=O)c1ccc(NCC(=O)Nc2ccc(Br)cc2)cc1. The largest absolute Gasteiger partial charge is 0.376 e. The molecule has 0 aliphatic heterocycles. The second-order valence-corrected chi connectivity index (χ2v) is 9.07. The van der Waals surface area contributed by atoms with E-state index in [4.69, 9.17) is 0 Å². The molecule has 0 aliphatic carbocycles. The average Bonchev–Trinajstić information content (AvgIpc) is 2.66. The Balaban J connectivity index is 1.91. The lowest BCUT2D eigenvalue weighted by molar-refractivity contribution is -0.114. The van der Waals surface area contributed by atoms with Crippen LogP contribution in [0.4, 0.5) is 11.4 Å². The summed E-state index contributed by atoms with van der Waals surface area (Å²) in [6.07, 6.45) is 1.76. The molecule has 2 aromatic rings. The Morgan fingerprint density at radius 2 is 1.63 bits per heavy atom. The molecule has 0 saturated carbocycles. The van der Waals surface area contributed by atoms with Crippen LogP contribution in [0.2, 0.25) is 0 Å². The molecule has 0 aromatic heterocycles. The normalized spacial score (nSPS) is 11.4. The van der Waals surface area contributed by atoms with Crippen LogP contribution in [0.25, 0.3) is 0 Å². The molecule has 0 fully saturated rings. The number of unbranched alkanes of at least 4 members (excludes halogenated alkanes) is 1. The van der Waals surface area contributed by atoms with E-state index in [2.05, 4.69) is 26.6 Å². The zero-order chi connectivity index (χ0) is 19.9. The third kappa shape index (κ3) is 6.34. The summed E-state index contributed by atoms with van der Waals surface area (Å²) in [4.78, 5) is 12.2. The number of carbonyl (C=O) groups excluding carboxylic acids is 1. The van der Waals surface area contributed by atoms with Crippen LogP contribution < -0.4 is 10.6 Å². The van der Waals surface area contributed by atoms with Crippen LogP contribution >= 0.6 is 15.9 Å². The van der Waals surface area contributed by atoms with E-state index in [0.717, 1.165) is 17.3 Å². The average molecular weight is 454 g/mol. The summed E-state index contributed by atoms with van der Waals surface area (Å²) >= 11 is 3.34. The molecular formula is C19H24BrN3O3S. The molecule has 27 heavy (non-hydrogen) atoms. The van der Waals surface area contributed by atoms with E-state index in [1.807, 2.05) is 19.1 Å². The first-order chi connectivity index (χ1) is 12.8. The van der Waals surface area contributed by atoms with Gasteiger partial charge in [-0.05, 0) is 55.0 Å². The molecule has 0 unspecified atom stereocenters. The number of nitrogens with one attached hydrogen (secondary N) is 2. The van der Waals surface area contributed by atoms with E-state index < -0.39 is 10.0 Å². The molecule has 0 radical (unpaired) electrons. The number of nitrogens with zero attached hydrogens (tertiary/aromatic N) is 1. The first-order valence-electron chi connectivity index (χ1n) is 8.68. The summed E-state index contributed by atoms with van der Waals surface area (Å²) in [6, 6.07) is 13.7. The third-order valence-corrected chi connectivity index (χ3v) is 6.37. The molecular weight excluding hydrogens is 430 g/mol. The quantitative estimate of drug-likeness (QED) is 0.602. The number of hydrogen-bond donors (Lipinski definition) is 2. The molecule has 2 aromatic carbocycles. The fraction of sp³-hybridized carbons (Fsp3) is 0.316. The van der Waals surface area contributed by atoms with Gasteiger partial charge < -0.3 is 10.6 Å². The fourth-order valence-corrected chi connectivity index (χ4v) is 3.82. The summed E-state index contributed by atoms with van der Waals surface area (Å²) in [7, 11) is -1.89. The number of sulfonamides is 1. The van der Waals surface area contributed by atoms with E-state index in [0.29, 0.717) is 17.9 Å². The van der Waals surface area contributed by atoms with Crippen molar-refractivity contribution in [2.45, 2.75) is 24.7 Å². The Morgan fingerprint density at radius 3 is 2.22 bits per heavy atom. The van der Waals surface area contributed by atoms with Gasteiger partial charge in [0.15, 0.2) is 0 Å². The van der Waals surface area contributed by atoms with Crippen molar-refractivity contribution >= 4 is 43.2 Å². The minimum atomic E-state index is -3.48. The van der Waals surface area contributed by atoms with Gasteiger partial charge in [0.1, 0.15) is 0 Å². The summed E-state index contributed by atoms with van der Waals surface area (Å²) in [5, 5.41) is 5.77. The highest BCUT2D eigenvalue weighted by Gasteiger charge is 2.19. The number of halogens is 1. The number of hydrogen-bond acceptors (Lipinski definition) is 4. The maximum absolute atomic E-state index is 12.5. The maximum atomic E-state index is 12.5. The minimum absolute atomic E-state index is 0.0819. The standard InChI is InChI=1S/C19H24BrN3O3S/c1-3-4-13-23(2)27(25,26)18-11-9-16(10-12-18)21-14-19(24)22-17-7-5-15(20)6-8-17/h5-12,21H,3-4,13-14H2,1-2H3,(H,22,24). The number of rotatable bonds is 9. The van der Waals surface area contributed by atoms with Gasteiger partial charge in [0, 0.05) is 29.4 Å². The molecule has 0 bridgehead atoms. The fourth-order valence-electron chi connectivity index (χ4n) is 2.35. The van der Waals surface area contributed by atoms with Crippen molar-refractivity contribution in [2.24, 2.45) is 0 Å². The zero-order valence-corrected chi connectivity index (χ0v) is 17.8. The van der Waals surface area contributed by atoms with Gasteiger partial charge in [0.05, 0.1) is 11.4 Å². The molecule has 8 heteroatoms. The Bertz CT molecular complexity index is 853. The molecule has 6 nitrogen and oxygen atoms in total. The minimum Gasteiger partial charge on any atom is -0.376 e. The van der Waals surface area contributed by atoms with Gasteiger partial charge in [-0.2, -0.15) is 0 Å². The molecule has 0 spiro atoms. The predicted molar refractivity (Wildman–Crippen MR) is 112 cm³/mol. The van der Waals surface area contributed by atoms with Crippen LogP contribution in [-0.2, 0) is 14.8 Å². The van der Waals surface area contributed by atoms with Crippen LogP contribution in [0.15, 0.2) is 57.9 Å². The molecule has 0 saturated heterocycles. The Labute approximate surface area is 169 Å². The van der Waals surface area contributed by atoms with E-state index in [-0.39, 0.29) is 17.3 Å². The lowest BCUT2D eigenvalue weighted by Gasteiger charge is -2.17. The van der Waals surface area contributed by atoms with Gasteiger partial charge in [-0.25, -0.2) is 12.7 Å². The molecule has 0 aliphatic rings. The Kier molecular flexibility index (Phi) is 7.82. The number of amides is 1. The number of anilines is 2. The van der Waals surface area contributed by atoms with Crippen LogP contribution in [-0.4, -0.2) is 38.8 Å². The van der Waals surface area contributed by atoms with Gasteiger partial charge in [0.2, 0.25) is 15.9 Å². The van der Waals surface area contributed by atoms with E-state index >= 15 is 0 Å². The van der Waals surface area contributed by atoms with Crippen molar-refractivity contribution in [1.82, 2.24) is 4.31 Å². The Morgan fingerprint density at radius 1 is 1.04 bits per heavy atom. The molecule has 0 atom stereocenters. The number of benzene rings is 2. The van der Waals surface area contributed by atoms with Crippen molar-refractivity contribution in [3.8, 4) is 0 Å². The van der Waals surface area contributed by atoms with Crippen LogP contribution in [0.3, 0.4) is 0 Å². The first-order valence-corrected chi connectivity index (χ1v) is 10.9. The van der Waals surface area contributed by atoms with Crippen LogP contribution in [0.5, 0.6) is 0 Å². The van der Waals surface area contributed by atoms with Gasteiger partial charge >= 0.3 is 0 Å².